The predicted molar refractivity (Wildman–Crippen MR) is 103 cm³/mol. The van der Waals surface area contributed by atoms with Crippen molar-refractivity contribution in [1.29, 1.82) is 5.26 Å². The highest BCUT2D eigenvalue weighted by Gasteiger charge is 2.62. The van der Waals surface area contributed by atoms with Crippen molar-refractivity contribution in [1.82, 2.24) is 25.1 Å². The van der Waals surface area contributed by atoms with Crippen molar-refractivity contribution >= 4 is 23.4 Å². The van der Waals surface area contributed by atoms with Gasteiger partial charge in [0, 0.05) is 25.2 Å². The average Bonchev–Trinajstić information content (AvgIpc) is 3.57. The van der Waals surface area contributed by atoms with Gasteiger partial charge in [-0.15, -0.1) is 0 Å². The van der Waals surface area contributed by atoms with E-state index in [1.807, 2.05) is 4.90 Å². The average molecular weight is 412 g/mol. The van der Waals surface area contributed by atoms with Gasteiger partial charge in [-0.2, -0.15) is 15.3 Å². The second-order valence-electron chi connectivity index (χ2n) is 8.21. The van der Waals surface area contributed by atoms with Gasteiger partial charge in [0.1, 0.15) is 0 Å². The summed E-state index contributed by atoms with van der Waals surface area (Å²) in [4.78, 5) is 22.5. The Morgan fingerprint density at radius 2 is 2.33 bits per heavy atom. The van der Waals surface area contributed by atoms with E-state index < -0.39 is 5.82 Å². The highest BCUT2D eigenvalue weighted by Crippen LogP contribution is 2.51. The lowest BCUT2D eigenvalue weighted by Crippen LogP contribution is -2.43. The van der Waals surface area contributed by atoms with Gasteiger partial charge in [0.25, 0.3) is 0 Å². The molecule has 3 heterocycles. The first-order valence-electron chi connectivity index (χ1n) is 9.91. The zero-order valence-corrected chi connectivity index (χ0v) is 16.1. The van der Waals surface area contributed by atoms with E-state index in [-0.39, 0.29) is 47.6 Å². The molecule has 10 nitrogen and oxygen atoms in total. The van der Waals surface area contributed by atoms with Crippen molar-refractivity contribution in [3.63, 3.8) is 0 Å². The van der Waals surface area contributed by atoms with Crippen molar-refractivity contribution in [2.75, 3.05) is 29.9 Å². The van der Waals surface area contributed by atoms with Gasteiger partial charge < -0.3 is 20.6 Å². The molecular weight excluding hydrogens is 391 g/mol. The Morgan fingerprint density at radius 1 is 1.47 bits per heavy atom. The number of carbonyl (C=O) groups excluding carboxylic acids is 1. The van der Waals surface area contributed by atoms with Crippen LogP contribution in [0.4, 0.5) is 21.8 Å². The first kappa shape index (κ1) is 18.7. The van der Waals surface area contributed by atoms with Crippen molar-refractivity contribution in [2.24, 2.45) is 17.8 Å². The van der Waals surface area contributed by atoms with Gasteiger partial charge in [0.15, 0.2) is 11.6 Å². The third kappa shape index (κ3) is 3.33. The quantitative estimate of drug-likeness (QED) is 0.596. The fourth-order valence-corrected chi connectivity index (χ4v) is 4.23. The first-order chi connectivity index (χ1) is 14.5. The number of aliphatic hydroxyl groups excluding tert-OH is 1. The molecule has 11 heteroatoms. The Hall–Kier alpha value is -3.26. The molecule has 2 aromatic rings. The van der Waals surface area contributed by atoms with E-state index in [1.54, 1.807) is 17.1 Å². The summed E-state index contributed by atoms with van der Waals surface area (Å²) in [5.74, 6) is -0.296. The van der Waals surface area contributed by atoms with E-state index in [2.05, 4.69) is 31.8 Å². The van der Waals surface area contributed by atoms with Crippen LogP contribution in [0.25, 0.3) is 0 Å². The smallest absolute Gasteiger partial charge is 0.229 e. The van der Waals surface area contributed by atoms with Crippen LogP contribution in [0.2, 0.25) is 0 Å². The molecule has 1 saturated heterocycles. The molecule has 156 valence electrons. The number of aromatic nitrogens is 4. The van der Waals surface area contributed by atoms with Crippen LogP contribution in [0.1, 0.15) is 12.8 Å². The number of hydrogen-bond acceptors (Lipinski definition) is 8. The fourth-order valence-electron chi connectivity index (χ4n) is 4.23. The zero-order chi connectivity index (χ0) is 20.9. The van der Waals surface area contributed by atoms with Crippen LogP contribution in [0.3, 0.4) is 0 Å². The van der Waals surface area contributed by atoms with Crippen LogP contribution < -0.4 is 15.5 Å². The van der Waals surface area contributed by atoms with E-state index in [1.165, 1.54) is 0 Å². The molecule has 30 heavy (non-hydrogen) atoms. The Balaban J connectivity index is 1.26. The fraction of sp³-hybridized carbons (Fsp3) is 0.526. The maximum Gasteiger partial charge on any atom is 0.229 e. The van der Waals surface area contributed by atoms with Crippen molar-refractivity contribution < 1.29 is 14.3 Å². The van der Waals surface area contributed by atoms with Crippen molar-refractivity contribution in [2.45, 2.75) is 24.9 Å². The standard InChI is InChI=1S/C19H21FN8O2/c20-15-7-22-18(24-13-6-23-28(9-13)1-2-29)25-16(15)27-8-12-4-19(12,10-27)26-17(30)14-3-11(14)5-21/h6-7,9,11-12,14,29H,1-4,8,10H2,(H,26,30)(H,22,24,25)/t11-,12+,14+,19+/m0/s1. The summed E-state index contributed by atoms with van der Waals surface area (Å²) in [5.41, 5.74) is 0.279. The van der Waals surface area contributed by atoms with Crippen LogP contribution in [0, 0.1) is 34.9 Å². The van der Waals surface area contributed by atoms with E-state index in [9.17, 15) is 9.18 Å². The largest absolute Gasteiger partial charge is 0.394 e. The van der Waals surface area contributed by atoms with Gasteiger partial charge in [-0.05, 0) is 12.8 Å². The molecule has 4 atom stereocenters. The minimum atomic E-state index is -0.522. The van der Waals surface area contributed by atoms with Crippen molar-refractivity contribution in [3.05, 3.63) is 24.4 Å². The van der Waals surface area contributed by atoms with E-state index in [4.69, 9.17) is 10.4 Å². The van der Waals surface area contributed by atoms with Crippen molar-refractivity contribution in [3.8, 4) is 6.07 Å². The molecule has 3 N–H and O–H groups in total. The molecule has 0 spiro atoms. The Morgan fingerprint density at radius 3 is 3.10 bits per heavy atom. The number of nitrogens with one attached hydrogen (secondary N) is 2. The number of hydrogen-bond donors (Lipinski definition) is 3. The number of fused-ring (bicyclic) bond motifs is 1. The lowest BCUT2D eigenvalue weighted by molar-refractivity contribution is -0.123. The van der Waals surface area contributed by atoms with Gasteiger partial charge in [-0.1, -0.05) is 0 Å². The van der Waals surface area contributed by atoms with Crippen LogP contribution in [0.5, 0.6) is 0 Å². The maximum atomic E-state index is 14.5. The lowest BCUT2D eigenvalue weighted by Gasteiger charge is -2.23. The molecule has 2 aliphatic carbocycles. The van der Waals surface area contributed by atoms with E-state index in [0.29, 0.717) is 31.7 Å². The molecule has 0 bridgehead atoms. The molecule has 2 saturated carbocycles. The predicted octanol–water partition coefficient (Wildman–Crippen LogP) is 0.403. The number of nitrogens with zero attached hydrogens (tertiary/aromatic N) is 6. The topological polar surface area (TPSA) is 132 Å². The van der Waals surface area contributed by atoms with Crippen LogP contribution >= 0.6 is 0 Å². The summed E-state index contributed by atoms with van der Waals surface area (Å²) in [6.45, 7) is 1.43. The number of carbonyl (C=O) groups is 1. The number of aliphatic hydroxyl groups is 1. The Bertz CT molecular complexity index is 1040. The zero-order valence-electron chi connectivity index (χ0n) is 16.1. The SMILES string of the molecule is N#C[C@@H]1C[C@H]1C(=O)N[C@@]12C[C@@H]1CN(c1nc(Nc3cnn(CCO)c3)ncc1F)C2. The molecular formula is C19H21FN8O2. The van der Waals surface area contributed by atoms with Gasteiger partial charge >= 0.3 is 0 Å². The van der Waals surface area contributed by atoms with Gasteiger partial charge in [0.2, 0.25) is 11.9 Å². The van der Waals surface area contributed by atoms with Gasteiger partial charge in [-0.3, -0.25) is 9.48 Å². The molecule has 0 aromatic carbocycles. The lowest BCUT2D eigenvalue weighted by atomic mass is 10.2. The van der Waals surface area contributed by atoms with E-state index >= 15 is 0 Å². The molecule has 3 aliphatic rings. The number of amides is 1. The summed E-state index contributed by atoms with van der Waals surface area (Å²) in [7, 11) is 0. The molecule has 0 radical (unpaired) electrons. The molecule has 0 unspecified atom stereocenters. The third-order valence-electron chi connectivity index (χ3n) is 6.05. The summed E-state index contributed by atoms with van der Waals surface area (Å²) in [6, 6.07) is 2.13. The molecule has 5 rings (SSSR count). The van der Waals surface area contributed by atoms with Crippen LogP contribution in [-0.2, 0) is 11.3 Å². The van der Waals surface area contributed by atoms with Crippen LogP contribution in [-0.4, -0.2) is 56.0 Å². The molecule has 3 fully saturated rings. The van der Waals surface area contributed by atoms with Gasteiger partial charge in [0.05, 0.1) is 54.7 Å². The minimum Gasteiger partial charge on any atom is -0.394 e. The number of halogens is 1. The number of rotatable bonds is 7. The second-order valence-corrected chi connectivity index (χ2v) is 8.21. The Kier molecular flexibility index (Phi) is 4.32. The third-order valence-corrected chi connectivity index (χ3v) is 6.05. The molecule has 2 aromatic heterocycles. The number of nitriles is 1. The summed E-state index contributed by atoms with van der Waals surface area (Å²) < 4.78 is 16.0. The monoisotopic (exact) mass is 412 g/mol. The summed E-state index contributed by atoms with van der Waals surface area (Å²) in [6.07, 6.45) is 5.88. The van der Waals surface area contributed by atoms with Gasteiger partial charge in [-0.25, -0.2) is 9.37 Å². The second kappa shape index (κ2) is 6.91. The molecule has 1 amide bonds. The number of piperidine rings is 1. The summed E-state index contributed by atoms with van der Waals surface area (Å²) in [5, 5.41) is 28.1. The highest BCUT2D eigenvalue weighted by atomic mass is 19.1. The normalized spacial score (nSPS) is 28.6. The maximum absolute atomic E-state index is 14.5. The first-order valence-corrected chi connectivity index (χ1v) is 9.91. The highest BCUT2D eigenvalue weighted by molar-refractivity contribution is 5.83. The Labute approximate surface area is 171 Å². The summed E-state index contributed by atoms with van der Waals surface area (Å²) >= 11 is 0. The number of anilines is 3. The minimum absolute atomic E-state index is 0.0232. The van der Waals surface area contributed by atoms with Crippen LogP contribution in [0.15, 0.2) is 18.6 Å². The van der Waals surface area contributed by atoms with E-state index in [0.717, 1.165) is 12.6 Å². The molecule has 1 aliphatic heterocycles.